The summed E-state index contributed by atoms with van der Waals surface area (Å²) < 4.78 is 11.9. The van der Waals surface area contributed by atoms with Crippen molar-refractivity contribution in [1.82, 2.24) is 14.7 Å². The molecule has 0 aliphatic heterocycles. The molecule has 0 spiro atoms. The number of fused-ring (bicyclic) bond motifs is 1. The molecule has 0 radical (unpaired) electrons. The summed E-state index contributed by atoms with van der Waals surface area (Å²) >= 11 is 6.01. The van der Waals surface area contributed by atoms with Crippen molar-refractivity contribution in [3.8, 4) is 11.3 Å². The molecular formula is C20H20ClN3O3. The van der Waals surface area contributed by atoms with Crippen LogP contribution in [0.2, 0.25) is 5.02 Å². The second-order valence-electron chi connectivity index (χ2n) is 5.78. The molecular weight excluding hydrogens is 366 g/mol. The van der Waals surface area contributed by atoms with E-state index in [1.165, 1.54) is 20.3 Å². The minimum atomic E-state index is -0.453. The van der Waals surface area contributed by atoms with Crippen LogP contribution in [0.5, 0.6) is 0 Å². The van der Waals surface area contributed by atoms with Crippen LogP contribution < -0.4 is 5.32 Å². The zero-order valence-corrected chi connectivity index (χ0v) is 15.9. The maximum atomic E-state index is 11.4. The van der Waals surface area contributed by atoms with E-state index in [0.29, 0.717) is 23.9 Å². The largest absolute Gasteiger partial charge is 0.499 e. The first-order valence-electron chi connectivity index (χ1n) is 8.37. The number of ether oxygens (including phenoxy) is 2. The molecule has 2 heterocycles. The minimum Gasteiger partial charge on any atom is -0.499 e. The van der Waals surface area contributed by atoms with Gasteiger partial charge in [-0.1, -0.05) is 29.8 Å². The van der Waals surface area contributed by atoms with Crippen LogP contribution in [0.3, 0.4) is 0 Å². The van der Waals surface area contributed by atoms with E-state index in [0.717, 1.165) is 22.6 Å². The van der Waals surface area contributed by atoms with Crippen LogP contribution in [0.15, 0.2) is 60.5 Å². The number of pyridine rings is 1. The molecule has 6 nitrogen and oxygen atoms in total. The molecule has 0 aliphatic carbocycles. The molecule has 0 saturated carbocycles. The Bertz CT molecular complexity index is 964. The number of nitrogens with zero attached hydrogens (tertiary/aromatic N) is 2. The third-order valence-electron chi connectivity index (χ3n) is 4.08. The van der Waals surface area contributed by atoms with Gasteiger partial charge >= 0.3 is 5.97 Å². The van der Waals surface area contributed by atoms with Crippen LogP contribution >= 0.6 is 11.6 Å². The Kier molecular flexibility index (Phi) is 6.11. The molecule has 1 N–H and O–H groups in total. The number of esters is 1. The first-order chi connectivity index (χ1) is 13.1. The molecule has 0 amide bonds. The van der Waals surface area contributed by atoms with Crippen molar-refractivity contribution < 1.29 is 14.3 Å². The van der Waals surface area contributed by atoms with Gasteiger partial charge in [0, 0.05) is 23.3 Å². The maximum absolute atomic E-state index is 11.4. The second kappa shape index (κ2) is 8.70. The number of hydrogen-bond donors (Lipinski definition) is 1. The summed E-state index contributed by atoms with van der Waals surface area (Å²) in [4.78, 5) is 16.1. The molecule has 0 atom stereocenters. The van der Waals surface area contributed by atoms with Crippen LogP contribution in [-0.2, 0) is 20.8 Å². The minimum absolute atomic E-state index is 0.381. The molecule has 1 aromatic carbocycles. The lowest BCUT2D eigenvalue weighted by molar-refractivity contribution is -0.135. The van der Waals surface area contributed by atoms with Crippen LogP contribution in [0.25, 0.3) is 16.9 Å². The predicted octanol–water partition coefficient (Wildman–Crippen LogP) is 3.45. The first kappa shape index (κ1) is 18.9. The Balaban J connectivity index is 1.86. The molecule has 0 saturated heterocycles. The van der Waals surface area contributed by atoms with Crippen molar-refractivity contribution in [1.29, 1.82) is 0 Å². The van der Waals surface area contributed by atoms with E-state index in [1.807, 2.05) is 53.1 Å². The number of imidazole rings is 1. The van der Waals surface area contributed by atoms with E-state index < -0.39 is 5.97 Å². The highest BCUT2D eigenvalue weighted by Gasteiger charge is 2.14. The normalized spacial score (nSPS) is 11.6. The third-order valence-corrected chi connectivity index (χ3v) is 4.33. The van der Waals surface area contributed by atoms with Crippen LogP contribution in [0.1, 0.15) is 5.69 Å². The van der Waals surface area contributed by atoms with E-state index in [9.17, 15) is 4.79 Å². The Hall–Kier alpha value is -2.83. The quantitative estimate of drug-likeness (QED) is 0.383. The van der Waals surface area contributed by atoms with Crippen molar-refractivity contribution in [3.05, 3.63) is 71.2 Å². The van der Waals surface area contributed by atoms with E-state index in [-0.39, 0.29) is 0 Å². The SMILES string of the molecule is COC(=O)C=C(CNCc1c(-c2ccc(Cl)cc2)nc2ccccn12)OC. The number of rotatable bonds is 7. The highest BCUT2D eigenvalue weighted by molar-refractivity contribution is 6.30. The summed E-state index contributed by atoms with van der Waals surface area (Å²) in [6.45, 7) is 0.913. The number of halogens is 1. The summed E-state index contributed by atoms with van der Waals surface area (Å²) in [5.74, 6) is 0.0361. The Morgan fingerprint density at radius 2 is 1.96 bits per heavy atom. The van der Waals surface area contributed by atoms with Crippen molar-refractivity contribution in [2.75, 3.05) is 20.8 Å². The molecule has 2 aromatic heterocycles. The highest BCUT2D eigenvalue weighted by atomic mass is 35.5. The number of carbonyl (C=O) groups is 1. The average Bonchev–Trinajstić information content (AvgIpc) is 3.06. The fraction of sp³-hybridized carbons (Fsp3) is 0.200. The van der Waals surface area contributed by atoms with Gasteiger partial charge in [-0.3, -0.25) is 0 Å². The Morgan fingerprint density at radius 1 is 1.19 bits per heavy atom. The smallest absolute Gasteiger partial charge is 0.333 e. The van der Waals surface area contributed by atoms with Gasteiger partial charge in [-0.2, -0.15) is 0 Å². The molecule has 0 aliphatic rings. The lowest BCUT2D eigenvalue weighted by atomic mass is 10.1. The predicted molar refractivity (Wildman–Crippen MR) is 104 cm³/mol. The standard InChI is InChI=1S/C20H20ClN3O3/c1-26-16(11-19(25)27-2)12-22-13-17-20(14-6-8-15(21)9-7-14)23-18-5-3-4-10-24(17)18/h3-11,22H,12-13H2,1-2H3. The Labute approximate surface area is 162 Å². The molecule has 3 aromatic rings. The lowest BCUT2D eigenvalue weighted by Crippen LogP contribution is -2.19. The maximum Gasteiger partial charge on any atom is 0.333 e. The number of hydrogen-bond acceptors (Lipinski definition) is 5. The van der Waals surface area contributed by atoms with Gasteiger partial charge < -0.3 is 19.2 Å². The Morgan fingerprint density at radius 3 is 2.67 bits per heavy atom. The summed E-state index contributed by atoms with van der Waals surface area (Å²) in [6.07, 6.45) is 3.29. The summed E-state index contributed by atoms with van der Waals surface area (Å²) in [5, 5.41) is 3.97. The molecule has 0 bridgehead atoms. The number of aromatic nitrogens is 2. The van der Waals surface area contributed by atoms with Crippen LogP contribution in [0, 0.1) is 0 Å². The summed E-state index contributed by atoms with van der Waals surface area (Å²) in [5.41, 5.74) is 3.72. The van der Waals surface area contributed by atoms with E-state index in [4.69, 9.17) is 21.3 Å². The van der Waals surface area contributed by atoms with Gasteiger partial charge in [0.2, 0.25) is 0 Å². The van der Waals surface area contributed by atoms with E-state index >= 15 is 0 Å². The summed E-state index contributed by atoms with van der Waals surface area (Å²) in [7, 11) is 2.85. The number of nitrogens with one attached hydrogen (secondary N) is 1. The molecule has 0 fully saturated rings. The zero-order chi connectivity index (χ0) is 19.2. The molecule has 27 heavy (non-hydrogen) atoms. The van der Waals surface area contributed by atoms with E-state index in [1.54, 1.807) is 0 Å². The van der Waals surface area contributed by atoms with Gasteiger partial charge in [0.1, 0.15) is 11.4 Å². The molecule has 140 valence electrons. The molecule has 3 rings (SSSR count). The van der Waals surface area contributed by atoms with Gasteiger partial charge in [0.25, 0.3) is 0 Å². The second-order valence-corrected chi connectivity index (χ2v) is 6.22. The first-order valence-corrected chi connectivity index (χ1v) is 8.75. The monoisotopic (exact) mass is 385 g/mol. The average molecular weight is 386 g/mol. The van der Waals surface area contributed by atoms with Gasteiger partial charge in [-0.25, -0.2) is 9.78 Å². The van der Waals surface area contributed by atoms with Crippen LogP contribution in [0.4, 0.5) is 0 Å². The molecule has 7 heteroatoms. The van der Waals surface area contributed by atoms with Gasteiger partial charge in [-0.15, -0.1) is 0 Å². The van der Waals surface area contributed by atoms with E-state index in [2.05, 4.69) is 10.1 Å². The van der Waals surface area contributed by atoms with Crippen molar-refractivity contribution >= 4 is 23.2 Å². The van der Waals surface area contributed by atoms with Gasteiger partial charge in [0.05, 0.1) is 38.2 Å². The van der Waals surface area contributed by atoms with Crippen molar-refractivity contribution in [2.24, 2.45) is 0 Å². The van der Waals surface area contributed by atoms with Gasteiger partial charge in [-0.05, 0) is 24.3 Å². The topological polar surface area (TPSA) is 64.9 Å². The van der Waals surface area contributed by atoms with Crippen LogP contribution in [-0.4, -0.2) is 36.1 Å². The third kappa shape index (κ3) is 4.48. The fourth-order valence-corrected chi connectivity index (χ4v) is 2.86. The number of methoxy groups -OCH3 is 2. The molecule has 0 unspecified atom stereocenters. The lowest BCUT2D eigenvalue weighted by Gasteiger charge is -2.10. The highest BCUT2D eigenvalue weighted by Crippen LogP contribution is 2.25. The van der Waals surface area contributed by atoms with Gasteiger partial charge in [0.15, 0.2) is 0 Å². The summed E-state index contributed by atoms with van der Waals surface area (Å²) in [6, 6.07) is 13.5. The van der Waals surface area contributed by atoms with Crippen molar-refractivity contribution in [3.63, 3.8) is 0 Å². The number of benzene rings is 1. The van der Waals surface area contributed by atoms with Crippen molar-refractivity contribution in [2.45, 2.75) is 6.54 Å². The zero-order valence-electron chi connectivity index (χ0n) is 15.1. The fourth-order valence-electron chi connectivity index (χ4n) is 2.73. The number of carbonyl (C=O) groups excluding carboxylic acids is 1.